The van der Waals surface area contributed by atoms with Crippen LogP contribution in [-0.4, -0.2) is 37.5 Å². The Bertz CT molecular complexity index is 361. The summed E-state index contributed by atoms with van der Waals surface area (Å²) < 4.78 is 0. The molecule has 114 valence electrons. The van der Waals surface area contributed by atoms with Crippen molar-refractivity contribution < 1.29 is 4.79 Å². The molecule has 3 N–H and O–H groups in total. The molecule has 0 spiro atoms. The van der Waals surface area contributed by atoms with E-state index in [1.54, 1.807) is 0 Å². The van der Waals surface area contributed by atoms with Crippen molar-refractivity contribution in [3.05, 3.63) is 12.2 Å². The predicted octanol–water partition coefficient (Wildman–Crippen LogP) is 1.42. The fraction of sp³-hybridized carbons (Fsp3) is 0.733. The number of aliphatic imine (C=N–C) groups is 1. The molecule has 5 nitrogen and oxygen atoms in total. The number of hydrogen-bond acceptors (Lipinski definition) is 2. The predicted molar refractivity (Wildman–Crippen MR) is 83.7 cm³/mol. The highest BCUT2D eigenvalue weighted by Gasteiger charge is 2.20. The molecular weight excluding hydrogens is 252 g/mol. The smallest absolute Gasteiger partial charge is 0.225 e. The van der Waals surface area contributed by atoms with Gasteiger partial charge in [-0.1, -0.05) is 32.9 Å². The summed E-state index contributed by atoms with van der Waals surface area (Å²) in [6, 6.07) is 0.442. The van der Waals surface area contributed by atoms with E-state index in [1.165, 1.54) is 0 Å². The van der Waals surface area contributed by atoms with Gasteiger partial charge in [-0.2, -0.15) is 0 Å². The van der Waals surface area contributed by atoms with E-state index in [0.717, 1.165) is 25.3 Å². The lowest BCUT2D eigenvalue weighted by Gasteiger charge is -2.18. The average Bonchev–Trinajstić information content (AvgIpc) is 2.86. The molecule has 1 rings (SSSR count). The Hall–Kier alpha value is -1.52. The standard InChI is InChI=1S/C15H28N4O/c1-5-16-14(19-12-8-6-7-9-12)18-11-10-17-13(20)15(2,3)4/h6-7,12H,5,8-11H2,1-4H3,(H,17,20)(H2,16,18,19). The molecule has 20 heavy (non-hydrogen) atoms. The quantitative estimate of drug-likeness (QED) is 0.309. The number of nitrogens with one attached hydrogen (secondary N) is 3. The first kappa shape index (κ1) is 16.5. The normalized spacial score (nSPS) is 16.3. The molecule has 0 bridgehead atoms. The highest BCUT2D eigenvalue weighted by atomic mass is 16.2. The molecule has 1 amide bonds. The number of nitrogens with zero attached hydrogens (tertiary/aromatic N) is 1. The van der Waals surface area contributed by atoms with Crippen LogP contribution in [0.4, 0.5) is 0 Å². The Labute approximate surface area is 122 Å². The van der Waals surface area contributed by atoms with Gasteiger partial charge in [-0.3, -0.25) is 9.79 Å². The number of rotatable bonds is 5. The molecule has 0 saturated carbocycles. The average molecular weight is 280 g/mol. The van der Waals surface area contributed by atoms with Crippen LogP contribution in [0.1, 0.15) is 40.5 Å². The number of guanidine groups is 1. The zero-order valence-electron chi connectivity index (χ0n) is 13.1. The zero-order valence-corrected chi connectivity index (χ0v) is 13.1. The third-order valence-corrected chi connectivity index (χ3v) is 3.04. The molecule has 0 aromatic carbocycles. The van der Waals surface area contributed by atoms with Crippen LogP contribution in [0, 0.1) is 5.41 Å². The molecule has 0 unspecified atom stereocenters. The molecule has 0 saturated heterocycles. The molecule has 0 aliphatic heterocycles. The summed E-state index contributed by atoms with van der Waals surface area (Å²) in [5.74, 6) is 0.886. The van der Waals surface area contributed by atoms with Crippen LogP contribution in [0.15, 0.2) is 17.1 Å². The third kappa shape index (κ3) is 6.08. The van der Waals surface area contributed by atoms with E-state index >= 15 is 0 Å². The molecule has 0 heterocycles. The van der Waals surface area contributed by atoms with Crippen molar-refractivity contribution in [2.75, 3.05) is 19.6 Å². The van der Waals surface area contributed by atoms with Crippen LogP contribution in [0.25, 0.3) is 0 Å². The zero-order chi connectivity index (χ0) is 15.0. The fourth-order valence-corrected chi connectivity index (χ4v) is 1.85. The molecule has 0 fully saturated rings. The largest absolute Gasteiger partial charge is 0.357 e. The summed E-state index contributed by atoms with van der Waals surface area (Å²) in [6.45, 7) is 9.75. The van der Waals surface area contributed by atoms with E-state index in [9.17, 15) is 4.79 Å². The Morgan fingerprint density at radius 1 is 1.25 bits per heavy atom. The maximum absolute atomic E-state index is 11.7. The summed E-state index contributed by atoms with van der Waals surface area (Å²) in [7, 11) is 0. The summed E-state index contributed by atoms with van der Waals surface area (Å²) in [5, 5.41) is 9.52. The van der Waals surface area contributed by atoms with Crippen LogP contribution in [-0.2, 0) is 4.79 Å². The second-order valence-electron chi connectivity index (χ2n) is 6.05. The minimum absolute atomic E-state index is 0.0608. The van der Waals surface area contributed by atoms with Gasteiger partial charge in [0.05, 0.1) is 6.54 Å². The topological polar surface area (TPSA) is 65.5 Å². The van der Waals surface area contributed by atoms with E-state index in [2.05, 4.69) is 33.1 Å². The van der Waals surface area contributed by atoms with Crippen LogP contribution in [0.3, 0.4) is 0 Å². The van der Waals surface area contributed by atoms with Gasteiger partial charge in [0.1, 0.15) is 0 Å². The summed E-state index contributed by atoms with van der Waals surface area (Å²) in [4.78, 5) is 16.2. The number of carbonyl (C=O) groups is 1. The van der Waals surface area contributed by atoms with Crippen molar-refractivity contribution >= 4 is 11.9 Å². The summed E-state index contributed by atoms with van der Waals surface area (Å²) in [6.07, 6.45) is 6.46. The van der Waals surface area contributed by atoms with Gasteiger partial charge in [-0.25, -0.2) is 0 Å². The minimum atomic E-state index is -0.345. The molecule has 0 aromatic rings. The van der Waals surface area contributed by atoms with Gasteiger partial charge in [0.15, 0.2) is 5.96 Å². The SMILES string of the molecule is CCNC(=NCCNC(=O)C(C)(C)C)NC1CC=CC1. The van der Waals surface area contributed by atoms with Gasteiger partial charge in [0.25, 0.3) is 0 Å². The maximum atomic E-state index is 11.7. The van der Waals surface area contributed by atoms with Crippen molar-refractivity contribution in [2.45, 2.75) is 46.6 Å². The van der Waals surface area contributed by atoms with E-state index in [4.69, 9.17) is 0 Å². The highest BCUT2D eigenvalue weighted by Crippen LogP contribution is 2.12. The van der Waals surface area contributed by atoms with Gasteiger partial charge < -0.3 is 16.0 Å². The Balaban J connectivity index is 2.33. The monoisotopic (exact) mass is 280 g/mol. The number of hydrogen-bond donors (Lipinski definition) is 3. The molecule has 0 atom stereocenters. The van der Waals surface area contributed by atoms with Crippen LogP contribution < -0.4 is 16.0 Å². The second-order valence-corrected chi connectivity index (χ2v) is 6.05. The van der Waals surface area contributed by atoms with Gasteiger partial charge in [0, 0.05) is 24.5 Å². The van der Waals surface area contributed by atoms with Crippen molar-refractivity contribution in [3.8, 4) is 0 Å². The lowest BCUT2D eigenvalue weighted by molar-refractivity contribution is -0.128. The third-order valence-electron chi connectivity index (χ3n) is 3.04. The van der Waals surface area contributed by atoms with Crippen LogP contribution in [0.5, 0.6) is 0 Å². The van der Waals surface area contributed by atoms with Crippen molar-refractivity contribution in [1.82, 2.24) is 16.0 Å². The molecule has 1 aliphatic carbocycles. The second kappa shape index (κ2) is 7.92. The first-order valence-electron chi connectivity index (χ1n) is 7.41. The summed E-state index contributed by atoms with van der Waals surface area (Å²) >= 11 is 0. The van der Waals surface area contributed by atoms with E-state index in [-0.39, 0.29) is 11.3 Å². The van der Waals surface area contributed by atoms with Gasteiger partial charge in [-0.15, -0.1) is 0 Å². The van der Waals surface area contributed by atoms with Crippen molar-refractivity contribution in [2.24, 2.45) is 10.4 Å². The van der Waals surface area contributed by atoms with E-state index in [1.807, 2.05) is 27.7 Å². The van der Waals surface area contributed by atoms with Gasteiger partial charge in [0.2, 0.25) is 5.91 Å². The molecule has 0 aromatic heterocycles. The first-order valence-corrected chi connectivity index (χ1v) is 7.41. The fourth-order valence-electron chi connectivity index (χ4n) is 1.85. The van der Waals surface area contributed by atoms with E-state index in [0.29, 0.717) is 19.1 Å². The van der Waals surface area contributed by atoms with Gasteiger partial charge >= 0.3 is 0 Å². The number of amides is 1. The number of carbonyl (C=O) groups excluding carboxylic acids is 1. The lowest BCUT2D eigenvalue weighted by atomic mass is 9.96. The first-order chi connectivity index (χ1) is 9.43. The van der Waals surface area contributed by atoms with Crippen LogP contribution in [0.2, 0.25) is 0 Å². The minimum Gasteiger partial charge on any atom is -0.357 e. The Morgan fingerprint density at radius 2 is 1.90 bits per heavy atom. The lowest BCUT2D eigenvalue weighted by Crippen LogP contribution is -2.43. The molecular formula is C15H28N4O. The Kier molecular flexibility index (Phi) is 6.55. The maximum Gasteiger partial charge on any atom is 0.225 e. The highest BCUT2D eigenvalue weighted by molar-refractivity contribution is 5.81. The van der Waals surface area contributed by atoms with Crippen LogP contribution >= 0.6 is 0 Å². The van der Waals surface area contributed by atoms with Crippen molar-refractivity contribution in [3.63, 3.8) is 0 Å². The Morgan fingerprint density at radius 3 is 2.45 bits per heavy atom. The van der Waals surface area contributed by atoms with Gasteiger partial charge in [-0.05, 0) is 19.8 Å². The summed E-state index contributed by atoms with van der Waals surface area (Å²) in [5.41, 5.74) is -0.345. The van der Waals surface area contributed by atoms with Crippen molar-refractivity contribution in [1.29, 1.82) is 0 Å². The molecule has 5 heteroatoms. The molecule has 0 radical (unpaired) electrons. The van der Waals surface area contributed by atoms with E-state index < -0.39 is 0 Å². The molecule has 1 aliphatic rings.